The lowest BCUT2D eigenvalue weighted by Crippen LogP contribution is -2.19. The van der Waals surface area contributed by atoms with Gasteiger partial charge in [0, 0.05) is 24.4 Å². The SMILES string of the molecule is Nc1cccc(CP(=O)(O)CC(CCC(=O)O)C(=O)O)c1. The first kappa shape index (κ1) is 17.2. The van der Waals surface area contributed by atoms with Gasteiger partial charge in [-0.25, -0.2) is 0 Å². The number of nitrogen functional groups attached to an aromatic ring is 1. The van der Waals surface area contributed by atoms with E-state index in [4.69, 9.17) is 15.9 Å². The van der Waals surface area contributed by atoms with Crippen LogP contribution in [0.15, 0.2) is 24.3 Å². The molecule has 0 aromatic heterocycles. The summed E-state index contributed by atoms with van der Waals surface area (Å²) in [6.45, 7) is 0. The Kier molecular flexibility index (Phi) is 5.93. The zero-order valence-corrected chi connectivity index (χ0v) is 12.2. The molecule has 116 valence electrons. The zero-order chi connectivity index (χ0) is 16.0. The van der Waals surface area contributed by atoms with Gasteiger partial charge in [-0.15, -0.1) is 0 Å². The van der Waals surface area contributed by atoms with Crippen molar-refractivity contribution < 1.29 is 29.3 Å². The topological polar surface area (TPSA) is 138 Å². The van der Waals surface area contributed by atoms with E-state index < -0.39 is 31.4 Å². The number of carbonyl (C=O) groups is 2. The number of benzene rings is 1. The standard InChI is InChI=1S/C13H18NO6P/c14-11-3-1-2-9(6-11)7-21(19,20)8-10(13(17)18)4-5-12(15)16/h1-3,6,10H,4-5,7-8,14H2,(H,15,16)(H,17,18)(H,19,20). The second kappa shape index (κ2) is 7.24. The molecular weight excluding hydrogens is 297 g/mol. The van der Waals surface area contributed by atoms with Crippen LogP contribution in [0.3, 0.4) is 0 Å². The van der Waals surface area contributed by atoms with Crippen LogP contribution in [-0.4, -0.2) is 33.2 Å². The minimum Gasteiger partial charge on any atom is -0.481 e. The van der Waals surface area contributed by atoms with Gasteiger partial charge in [0.05, 0.1) is 5.92 Å². The summed E-state index contributed by atoms with van der Waals surface area (Å²) in [4.78, 5) is 31.5. The predicted octanol–water partition coefficient (Wildman–Crippen LogP) is 1.60. The fourth-order valence-electron chi connectivity index (χ4n) is 1.98. The van der Waals surface area contributed by atoms with E-state index in [9.17, 15) is 19.0 Å². The molecule has 1 aromatic rings. The highest BCUT2D eigenvalue weighted by Crippen LogP contribution is 2.47. The fraction of sp³-hybridized carbons (Fsp3) is 0.385. The third-order valence-electron chi connectivity index (χ3n) is 2.94. The smallest absolute Gasteiger partial charge is 0.307 e. The Hall–Kier alpha value is -1.85. The molecule has 2 unspecified atom stereocenters. The minimum absolute atomic E-state index is 0.174. The Morgan fingerprint density at radius 3 is 2.48 bits per heavy atom. The summed E-state index contributed by atoms with van der Waals surface area (Å²) in [6, 6.07) is 6.46. The normalized spacial score (nSPS) is 15.1. The maximum Gasteiger partial charge on any atom is 0.307 e. The van der Waals surface area contributed by atoms with Crippen molar-refractivity contribution in [1.29, 1.82) is 0 Å². The molecule has 0 aliphatic heterocycles. The van der Waals surface area contributed by atoms with Crippen molar-refractivity contribution >= 4 is 25.0 Å². The first-order valence-corrected chi connectivity index (χ1v) is 8.32. The summed E-state index contributed by atoms with van der Waals surface area (Å²) in [7, 11) is -3.73. The van der Waals surface area contributed by atoms with Crippen LogP contribution in [-0.2, 0) is 20.3 Å². The van der Waals surface area contributed by atoms with Crippen molar-refractivity contribution in [3.63, 3.8) is 0 Å². The highest BCUT2D eigenvalue weighted by molar-refractivity contribution is 7.57. The van der Waals surface area contributed by atoms with Crippen LogP contribution >= 0.6 is 7.37 Å². The maximum absolute atomic E-state index is 12.2. The van der Waals surface area contributed by atoms with E-state index in [1.54, 1.807) is 24.3 Å². The van der Waals surface area contributed by atoms with Gasteiger partial charge in [-0.3, -0.25) is 14.2 Å². The lowest BCUT2D eigenvalue weighted by molar-refractivity contribution is -0.142. The van der Waals surface area contributed by atoms with Crippen molar-refractivity contribution in [2.24, 2.45) is 5.92 Å². The van der Waals surface area contributed by atoms with Gasteiger partial charge in [-0.05, 0) is 24.1 Å². The number of aliphatic carboxylic acids is 2. The molecule has 5 N–H and O–H groups in total. The lowest BCUT2D eigenvalue weighted by atomic mass is 10.1. The highest BCUT2D eigenvalue weighted by atomic mass is 31.2. The van der Waals surface area contributed by atoms with Crippen molar-refractivity contribution in [2.75, 3.05) is 11.9 Å². The molecule has 0 amide bonds. The number of hydrogen-bond donors (Lipinski definition) is 4. The van der Waals surface area contributed by atoms with Gasteiger partial charge in [0.25, 0.3) is 0 Å². The molecule has 7 nitrogen and oxygen atoms in total. The molecule has 1 rings (SSSR count). The van der Waals surface area contributed by atoms with Gasteiger partial charge in [-0.2, -0.15) is 0 Å². The molecule has 8 heteroatoms. The Balaban J connectivity index is 2.74. The Labute approximate surface area is 121 Å². The number of nitrogens with two attached hydrogens (primary N) is 1. The van der Waals surface area contributed by atoms with Gasteiger partial charge in [0.2, 0.25) is 7.37 Å². The molecule has 0 fully saturated rings. The number of hydrogen-bond acceptors (Lipinski definition) is 4. The molecule has 0 spiro atoms. The van der Waals surface area contributed by atoms with E-state index in [0.29, 0.717) is 11.3 Å². The second-order valence-corrected chi connectivity index (χ2v) is 7.27. The van der Waals surface area contributed by atoms with E-state index in [-0.39, 0.29) is 19.0 Å². The molecule has 0 aliphatic carbocycles. The van der Waals surface area contributed by atoms with Crippen molar-refractivity contribution in [1.82, 2.24) is 0 Å². The van der Waals surface area contributed by atoms with Crippen LogP contribution in [0.5, 0.6) is 0 Å². The number of rotatable bonds is 8. The number of carboxylic acid groups (broad SMARTS) is 2. The van der Waals surface area contributed by atoms with E-state index in [1.807, 2.05) is 0 Å². The van der Waals surface area contributed by atoms with Gasteiger partial charge in [0.1, 0.15) is 0 Å². The van der Waals surface area contributed by atoms with Gasteiger partial charge in [0.15, 0.2) is 0 Å². The van der Waals surface area contributed by atoms with Crippen molar-refractivity contribution in [3.05, 3.63) is 29.8 Å². The third kappa shape index (κ3) is 6.42. The zero-order valence-electron chi connectivity index (χ0n) is 11.3. The monoisotopic (exact) mass is 315 g/mol. The van der Waals surface area contributed by atoms with E-state index in [1.165, 1.54) is 0 Å². The first-order valence-electron chi connectivity index (χ1n) is 6.29. The fourth-order valence-corrected chi connectivity index (χ4v) is 3.90. The van der Waals surface area contributed by atoms with Crippen LogP contribution in [0.25, 0.3) is 0 Å². The molecule has 2 atom stereocenters. The minimum atomic E-state index is -3.73. The quantitative estimate of drug-likeness (QED) is 0.422. The Morgan fingerprint density at radius 1 is 1.29 bits per heavy atom. The van der Waals surface area contributed by atoms with Crippen molar-refractivity contribution in [3.8, 4) is 0 Å². The van der Waals surface area contributed by atoms with E-state index in [2.05, 4.69) is 0 Å². The molecule has 0 heterocycles. The summed E-state index contributed by atoms with van der Waals surface area (Å²) in [6.07, 6.45) is -1.17. The van der Waals surface area contributed by atoms with E-state index >= 15 is 0 Å². The van der Waals surface area contributed by atoms with E-state index in [0.717, 1.165) is 0 Å². The average Bonchev–Trinajstić information content (AvgIpc) is 2.33. The molecule has 0 aliphatic rings. The molecule has 0 radical (unpaired) electrons. The van der Waals surface area contributed by atoms with Crippen molar-refractivity contribution in [2.45, 2.75) is 19.0 Å². The number of anilines is 1. The number of carboxylic acids is 2. The average molecular weight is 315 g/mol. The molecule has 1 aromatic carbocycles. The van der Waals surface area contributed by atoms with Crippen LogP contribution in [0.1, 0.15) is 18.4 Å². The molecular formula is C13H18NO6P. The summed E-state index contributed by atoms with van der Waals surface area (Å²) in [5.74, 6) is -3.55. The second-order valence-electron chi connectivity index (χ2n) is 4.90. The highest BCUT2D eigenvalue weighted by Gasteiger charge is 2.29. The summed E-state index contributed by atoms with van der Waals surface area (Å²) in [5.41, 5.74) is 6.57. The van der Waals surface area contributed by atoms with Gasteiger partial charge >= 0.3 is 11.9 Å². The predicted molar refractivity (Wildman–Crippen MR) is 77.2 cm³/mol. The maximum atomic E-state index is 12.2. The Morgan fingerprint density at radius 2 is 1.95 bits per heavy atom. The van der Waals surface area contributed by atoms with Crippen LogP contribution in [0.4, 0.5) is 5.69 Å². The van der Waals surface area contributed by atoms with Gasteiger partial charge in [-0.1, -0.05) is 12.1 Å². The molecule has 21 heavy (non-hydrogen) atoms. The lowest BCUT2D eigenvalue weighted by Gasteiger charge is -2.17. The third-order valence-corrected chi connectivity index (χ3v) is 4.81. The summed E-state index contributed by atoms with van der Waals surface area (Å²) < 4.78 is 12.2. The van der Waals surface area contributed by atoms with Crippen LogP contribution < -0.4 is 5.73 Å². The van der Waals surface area contributed by atoms with Crippen LogP contribution in [0, 0.1) is 5.92 Å². The first-order chi connectivity index (χ1) is 9.69. The van der Waals surface area contributed by atoms with Gasteiger partial charge < -0.3 is 20.8 Å². The molecule has 0 saturated heterocycles. The molecule has 0 bridgehead atoms. The largest absolute Gasteiger partial charge is 0.481 e. The Bertz CT molecular complexity index is 574. The van der Waals surface area contributed by atoms with Crippen LogP contribution in [0.2, 0.25) is 0 Å². The summed E-state index contributed by atoms with van der Waals surface area (Å²) >= 11 is 0. The summed E-state index contributed by atoms with van der Waals surface area (Å²) in [5, 5.41) is 17.6. The molecule has 0 saturated carbocycles.